The number of nitrogens with two attached hydrogens (primary N) is 1. The summed E-state index contributed by atoms with van der Waals surface area (Å²) in [6.07, 6.45) is 0.284. The van der Waals surface area contributed by atoms with E-state index >= 15 is 0 Å². The van der Waals surface area contributed by atoms with Crippen LogP contribution >= 0.6 is 0 Å². The molecule has 2 aromatic carbocycles. The van der Waals surface area contributed by atoms with E-state index < -0.39 is 59.2 Å². The van der Waals surface area contributed by atoms with Crippen LogP contribution in [0.1, 0.15) is 40.4 Å². The van der Waals surface area contributed by atoms with Crippen LogP contribution in [0.4, 0.5) is 5.69 Å². The number of anilines is 1. The van der Waals surface area contributed by atoms with Crippen molar-refractivity contribution in [2.75, 3.05) is 39.7 Å². The predicted octanol–water partition coefficient (Wildman–Crippen LogP) is 1.28. The fourth-order valence-corrected chi connectivity index (χ4v) is 6.55. The molecule has 0 radical (unpaired) electrons. The van der Waals surface area contributed by atoms with Gasteiger partial charge in [0.1, 0.15) is 11.5 Å². The average Bonchev–Trinajstić information content (AvgIpc) is 2.96. The third-order valence-corrected chi connectivity index (χ3v) is 8.96. The number of phenolic OH excluding ortho intramolecular Hbond substituents is 1. The first-order valence-corrected chi connectivity index (χ1v) is 14.4. The van der Waals surface area contributed by atoms with Crippen LogP contribution in [0.3, 0.4) is 0 Å². The average molecular weight is 595 g/mol. The number of Topliss-reactive ketones (excluding diaryl/α,β-unsaturated/α-hetero) is 2. The van der Waals surface area contributed by atoms with Gasteiger partial charge in [0.05, 0.1) is 18.1 Å². The second kappa shape index (κ2) is 12.5. The third kappa shape index (κ3) is 5.65. The molecule has 2 aromatic rings. The highest BCUT2D eigenvalue weighted by Crippen LogP contribution is 2.51. The maximum Gasteiger partial charge on any atom is 0.227 e. The molecule has 1 amide bonds. The summed E-state index contributed by atoms with van der Waals surface area (Å²) >= 11 is 0. The summed E-state index contributed by atoms with van der Waals surface area (Å²) in [5, 5.41) is 48.6. The lowest BCUT2D eigenvalue weighted by atomic mass is 9.60. The number of carbonyl (C=O) groups is 3. The normalized spacial score (nSPS) is 23.0. The SMILES string of the molecule is CC(C(N)=O)C(=O)[C@@]1(O)C(O)=C2C(=O)c3c(O)c(CNCc4ccccc4)cc(N(C)C)c3C[C@H]2C[C@H]1[C@@H](CO)N(C)C. The van der Waals surface area contributed by atoms with Crippen molar-refractivity contribution in [1.29, 1.82) is 0 Å². The van der Waals surface area contributed by atoms with Crippen molar-refractivity contribution in [1.82, 2.24) is 10.2 Å². The number of hydrogen-bond acceptors (Lipinski definition) is 10. The van der Waals surface area contributed by atoms with Crippen LogP contribution in [0, 0.1) is 17.8 Å². The molecule has 0 fully saturated rings. The minimum Gasteiger partial charge on any atom is -0.508 e. The highest BCUT2D eigenvalue weighted by Gasteiger charge is 2.59. The largest absolute Gasteiger partial charge is 0.508 e. The molecule has 1 unspecified atom stereocenters. The lowest BCUT2D eigenvalue weighted by Crippen LogP contribution is -2.62. The molecule has 4 rings (SSSR count). The molecule has 0 heterocycles. The molecule has 0 saturated carbocycles. The minimum atomic E-state index is -2.67. The molecular weight excluding hydrogens is 552 g/mol. The van der Waals surface area contributed by atoms with Gasteiger partial charge in [-0.1, -0.05) is 30.3 Å². The molecule has 7 N–H and O–H groups in total. The van der Waals surface area contributed by atoms with E-state index in [1.54, 1.807) is 19.0 Å². The molecule has 11 heteroatoms. The van der Waals surface area contributed by atoms with Gasteiger partial charge in [-0.2, -0.15) is 0 Å². The highest BCUT2D eigenvalue weighted by molar-refractivity contribution is 6.16. The van der Waals surface area contributed by atoms with E-state index in [4.69, 9.17) is 5.73 Å². The molecular formula is C32H42N4O7. The topological polar surface area (TPSA) is 177 Å². The Labute approximate surface area is 251 Å². The Bertz CT molecular complexity index is 1440. The maximum absolute atomic E-state index is 14.2. The second-order valence-corrected chi connectivity index (χ2v) is 12.0. The molecule has 232 valence electrons. The molecule has 0 spiro atoms. The zero-order chi connectivity index (χ0) is 31.8. The number of phenols is 1. The van der Waals surface area contributed by atoms with Crippen LogP contribution in [0.5, 0.6) is 5.75 Å². The van der Waals surface area contributed by atoms with Crippen LogP contribution in [-0.4, -0.2) is 89.2 Å². The van der Waals surface area contributed by atoms with E-state index in [2.05, 4.69) is 5.32 Å². The summed E-state index contributed by atoms with van der Waals surface area (Å²) in [4.78, 5) is 43.3. The molecule has 11 nitrogen and oxygen atoms in total. The summed E-state index contributed by atoms with van der Waals surface area (Å²) in [5.74, 6) is -7.02. The Morgan fingerprint density at radius 2 is 1.77 bits per heavy atom. The number of amides is 1. The first-order valence-electron chi connectivity index (χ1n) is 14.4. The van der Waals surface area contributed by atoms with E-state index in [-0.39, 0.29) is 36.3 Å². The van der Waals surface area contributed by atoms with Crippen molar-refractivity contribution in [3.63, 3.8) is 0 Å². The lowest BCUT2D eigenvalue weighted by Gasteiger charge is -2.48. The van der Waals surface area contributed by atoms with Crippen LogP contribution in [0.2, 0.25) is 0 Å². The number of primary amides is 1. The maximum atomic E-state index is 14.2. The van der Waals surface area contributed by atoms with Crippen LogP contribution in [-0.2, 0) is 29.1 Å². The number of ketones is 2. The standard InChI is InChI=1S/C32H42N4O7/c1-17(31(33)42)29(40)32(43)22(24(16-37)36(4)5)12-19-11-21-23(35(2)3)13-20(15-34-14-18-9-7-6-8-10-18)27(38)26(21)28(39)25(19)30(32)41/h6-10,13,17,19,22,24,34,37-38,41,43H,11-12,14-16H2,1-5H3,(H2,33,42)/t17?,19-,22-,24+,32+/m0/s1. The number of aromatic hydroxyl groups is 1. The number of allylic oxidation sites excluding steroid dienone is 1. The Morgan fingerprint density at radius 1 is 1.12 bits per heavy atom. The van der Waals surface area contributed by atoms with Gasteiger partial charge in [-0.15, -0.1) is 0 Å². The Hall–Kier alpha value is -3.77. The van der Waals surface area contributed by atoms with Gasteiger partial charge in [0.15, 0.2) is 17.2 Å². The van der Waals surface area contributed by atoms with Crippen LogP contribution < -0.4 is 16.0 Å². The van der Waals surface area contributed by atoms with Gasteiger partial charge in [-0.25, -0.2) is 0 Å². The van der Waals surface area contributed by atoms with E-state index in [1.165, 1.54) is 6.92 Å². The van der Waals surface area contributed by atoms with Crippen molar-refractivity contribution in [2.24, 2.45) is 23.5 Å². The summed E-state index contributed by atoms with van der Waals surface area (Å²) in [7, 11) is 7.00. The number of carbonyl (C=O) groups excluding carboxylic acids is 3. The highest BCUT2D eigenvalue weighted by atomic mass is 16.3. The molecule has 2 aliphatic carbocycles. The zero-order valence-corrected chi connectivity index (χ0v) is 25.3. The van der Waals surface area contributed by atoms with Crippen LogP contribution in [0.15, 0.2) is 47.7 Å². The minimum absolute atomic E-state index is 0.00280. The van der Waals surface area contributed by atoms with Crippen molar-refractivity contribution >= 4 is 23.2 Å². The van der Waals surface area contributed by atoms with Crippen molar-refractivity contribution < 1.29 is 34.8 Å². The summed E-state index contributed by atoms with van der Waals surface area (Å²) < 4.78 is 0. The van der Waals surface area contributed by atoms with E-state index in [1.807, 2.05) is 55.4 Å². The van der Waals surface area contributed by atoms with E-state index in [9.17, 15) is 34.8 Å². The smallest absolute Gasteiger partial charge is 0.227 e. The Kier molecular flexibility index (Phi) is 9.31. The second-order valence-electron chi connectivity index (χ2n) is 12.0. The predicted molar refractivity (Wildman–Crippen MR) is 162 cm³/mol. The number of hydrogen-bond donors (Lipinski definition) is 6. The number of aliphatic hydroxyl groups is 3. The molecule has 0 saturated heterocycles. The number of nitrogens with zero attached hydrogens (tertiary/aromatic N) is 2. The van der Waals surface area contributed by atoms with Crippen molar-refractivity contribution in [3.05, 3.63) is 70.0 Å². The van der Waals surface area contributed by atoms with E-state index in [0.717, 1.165) is 11.3 Å². The quantitative estimate of drug-likeness (QED) is 0.208. The first-order chi connectivity index (χ1) is 20.2. The van der Waals surface area contributed by atoms with Gasteiger partial charge < -0.3 is 41.3 Å². The number of fused-ring (bicyclic) bond motifs is 2. The number of rotatable bonds is 11. The fraction of sp³-hybridized carbons (Fsp3) is 0.469. The van der Waals surface area contributed by atoms with Crippen molar-refractivity contribution in [2.45, 2.75) is 44.5 Å². The lowest BCUT2D eigenvalue weighted by molar-refractivity contribution is -0.155. The van der Waals surface area contributed by atoms with Gasteiger partial charge in [0, 0.05) is 56.0 Å². The van der Waals surface area contributed by atoms with Gasteiger partial charge in [-0.05, 0) is 57.0 Å². The summed E-state index contributed by atoms with van der Waals surface area (Å²) in [6.45, 7) is 1.55. The molecule has 0 aliphatic heterocycles. The molecule has 0 bridgehead atoms. The molecule has 43 heavy (non-hydrogen) atoms. The Balaban J connectivity index is 1.85. The van der Waals surface area contributed by atoms with Crippen LogP contribution in [0.25, 0.3) is 0 Å². The molecule has 5 atom stereocenters. The first kappa shape index (κ1) is 32.2. The van der Waals surface area contributed by atoms with Gasteiger partial charge in [0.25, 0.3) is 0 Å². The summed E-state index contributed by atoms with van der Waals surface area (Å²) in [6, 6.07) is 10.8. The number of nitrogens with one attached hydrogen (secondary N) is 1. The molecule has 0 aromatic heterocycles. The Morgan fingerprint density at radius 3 is 2.33 bits per heavy atom. The van der Waals surface area contributed by atoms with Gasteiger partial charge in [-0.3, -0.25) is 14.4 Å². The number of aliphatic hydroxyl groups excluding tert-OH is 2. The van der Waals surface area contributed by atoms with E-state index in [0.29, 0.717) is 17.7 Å². The summed E-state index contributed by atoms with van der Waals surface area (Å²) in [5.41, 5.74) is 5.39. The van der Waals surface area contributed by atoms with Crippen molar-refractivity contribution in [3.8, 4) is 5.75 Å². The third-order valence-electron chi connectivity index (χ3n) is 8.96. The monoisotopic (exact) mass is 594 g/mol. The van der Waals surface area contributed by atoms with Gasteiger partial charge >= 0.3 is 0 Å². The number of benzene rings is 2. The van der Waals surface area contributed by atoms with Gasteiger partial charge in [0.2, 0.25) is 5.91 Å². The fourth-order valence-electron chi connectivity index (χ4n) is 6.55. The molecule has 2 aliphatic rings. The number of likely N-dealkylation sites (N-methyl/N-ethyl adjacent to an activating group) is 1. The zero-order valence-electron chi connectivity index (χ0n) is 25.3.